The highest BCUT2D eigenvalue weighted by atomic mass is 127. The van der Waals surface area contributed by atoms with E-state index in [4.69, 9.17) is 4.74 Å². The summed E-state index contributed by atoms with van der Waals surface area (Å²) in [5, 5.41) is 0. The molecule has 1 heterocycles. The van der Waals surface area contributed by atoms with Crippen LogP contribution in [0.4, 0.5) is 5.69 Å². The van der Waals surface area contributed by atoms with Crippen molar-refractivity contribution in [2.75, 3.05) is 18.6 Å². The largest absolute Gasteiger partial charge is 0.467 e. The summed E-state index contributed by atoms with van der Waals surface area (Å²) in [6.45, 7) is 0.931. The van der Waals surface area contributed by atoms with Crippen molar-refractivity contribution in [3.8, 4) is 0 Å². The number of benzene rings is 1. The van der Waals surface area contributed by atoms with Gasteiger partial charge in [0.25, 0.3) is 0 Å². The van der Waals surface area contributed by atoms with Crippen LogP contribution in [0.3, 0.4) is 0 Å². The van der Waals surface area contributed by atoms with Crippen LogP contribution < -0.4 is 4.90 Å². The summed E-state index contributed by atoms with van der Waals surface area (Å²) in [6.07, 6.45) is 3.12. The zero-order valence-electron chi connectivity index (χ0n) is 9.86. The lowest BCUT2D eigenvalue weighted by molar-refractivity contribution is -0.142. The molecule has 1 saturated heterocycles. The van der Waals surface area contributed by atoms with Gasteiger partial charge in [0, 0.05) is 15.8 Å². The second-order valence-corrected chi connectivity index (χ2v) is 5.45. The van der Waals surface area contributed by atoms with Gasteiger partial charge in [-0.1, -0.05) is 0 Å². The summed E-state index contributed by atoms with van der Waals surface area (Å²) < 4.78 is 6.09. The van der Waals surface area contributed by atoms with Crippen LogP contribution in [0.5, 0.6) is 0 Å². The van der Waals surface area contributed by atoms with Crippen molar-refractivity contribution in [2.24, 2.45) is 0 Å². The normalized spacial score (nSPS) is 20.1. The quantitative estimate of drug-likeness (QED) is 0.610. The Morgan fingerprint density at radius 1 is 1.35 bits per heavy atom. The van der Waals surface area contributed by atoms with E-state index in [1.54, 1.807) is 0 Å². The van der Waals surface area contributed by atoms with Crippen LogP contribution in [0.1, 0.15) is 19.3 Å². The number of carbonyl (C=O) groups is 1. The molecule has 1 aliphatic heterocycles. The molecular formula is C13H16INO2. The van der Waals surface area contributed by atoms with E-state index < -0.39 is 0 Å². The van der Waals surface area contributed by atoms with Gasteiger partial charge in [0.2, 0.25) is 0 Å². The highest BCUT2D eigenvalue weighted by Gasteiger charge is 2.29. The molecule has 0 saturated carbocycles. The number of piperidine rings is 1. The predicted octanol–water partition coefficient (Wildman–Crippen LogP) is 2.82. The van der Waals surface area contributed by atoms with Crippen LogP contribution in [-0.2, 0) is 9.53 Å². The number of halogens is 1. The third kappa shape index (κ3) is 2.91. The minimum atomic E-state index is -0.122. The van der Waals surface area contributed by atoms with Crippen LogP contribution in [0.2, 0.25) is 0 Å². The Kier molecular flexibility index (Phi) is 4.25. The molecule has 0 radical (unpaired) electrons. The van der Waals surface area contributed by atoms with Gasteiger partial charge in [-0.2, -0.15) is 0 Å². The van der Waals surface area contributed by atoms with Gasteiger partial charge in [-0.3, -0.25) is 0 Å². The number of ether oxygens (including phenoxy) is 1. The molecule has 0 aliphatic carbocycles. The molecule has 0 amide bonds. The fourth-order valence-electron chi connectivity index (χ4n) is 2.25. The van der Waals surface area contributed by atoms with E-state index in [2.05, 4.69) is 51.8 Å². The third-order valence-electron chi connectivity index (χ3n) is 3.13. The molecule has 1 unspecified atom stereocenters. The van der Waals surface area contributed by atoms with Crippen LogP contribution in [0.15, 0.2) is 24.3 Å². The Balaban J connectivity index is 2.21. The second-order valence-electron chi connectivity index (χ2n) is 4.20. The maximum atomic E-state index is 11.8. The highest BCUT2D eigenvalue weighted by molar-refractivity contribution is 14.1. The number of anilines is 1. The van der Waals surface area contributed by atoms with Gasteiger partial charge in [0.15, 0.2) is 0 Å². The van der Waals surface area contributed by atoms with Gasteiger partial charge in [-0.15, -0.1) is 0 Å². The van der Waals surface area contributed by atoms with Crippen LogP contribution in [-0.4, -0.2) is 25.7 Å². The first kappa shape index (κ1) is 12.7. The molecule has 92 valence electrons. The molecule has 1 aromatic carbocycles. The molecule has 4 heteroatoms. The first-order valence-electron chi connectivity index (χ1n) is 5.82. The maximum absolute atomic E-state index is 11.8. The smallest absolute Gasteiger partial charge is 0.328 e. The van der Waals surface area contributed by atoms with Crippen LogP contribution in [0, 0.1) is 3.57 Å². The van der Waals surface area contributed by atoms with Crippen molar-refractivity contribution in [1.82, 2.24) is 0 Å². The molecule has 2 rings (SSSR count). The average Bonchev–Trinajstić information content (AvgIpc) is 2.39. The van der Waals surface area contributed by atoms with Crippen LogP contribution in [0.25, 0.3) is 0 Å². The number of esters is 1. The van der Waals surface area contributed by atoms with E-state index in [0.29, 0.717) is 0 Å². The number of hydrogen-bond acceptors (Lipinski definition) is 3. The number of rotatable bonds is 2. The summed E-state index contributed by atoms with van der Waals surface area (Å²) in [6, 6.07) is 8.16. The minimum absolute atomic E-state index is 0.117. The lowest BCUT2D eigenvalue weighted by atomic mass is 10.0. The fraction of sp³-hybridized carbons (Fsp3) is 0.462. The van der Waals surface area contributed by atoms with Crippen molar-refractivity contribution in [3.63, 3.8) is 0 Å². The van der Waals surface area contributed by atoms with E-state index >= 15 is 0 Å². The topological polar surface area (TPSA) is 29.5 Å². The predicted molar refractivity (Wildman–Crippen MR) is 76.2 cm³/mol. The average molecular weight is 345 g/mol. The highest BCUT2D eigenvalue weighted by Crippen LogP contribution is 2.26. The molecule has 1 aliphatic rings. The molecule has 1 fully saturated rings. The van der Waals surface area contributed by atoms with E-state index in [1.807, 2.05) is 0 Å². The van der Waals surface area contributed by atoms with E-state index in [0.717, 1.165) is 31.5 Å². The Morgan fingerprint density at radius 3 is 2.71 bits per heavy atom. The van der Waals surface area contributed by atoms with Gasteiger partial charge < -0.3 is 9.64 Å². The Labute approximate surface area is 115 Å². The SMILES string of the molecule is COC(=O)C1CCCCN1c1ccc(I)cc1. The zero-order chi connectivity index (χ0) is 12.3. The van der Waals surface area contributed by atoms with E-state index in [-0.39, 0.29) is 12.0 Å². The summed E-state index contributed by atoms with van der Waals surface area (Å²) >= 11 is 2.28. The standard InChI is InChI=1S/C13H16INO2/c1-17-13(16)12-4-2-3-9-15(12)11-7-5-10(14)6-8-11/h5-8,12H,2-4,9H2,1H3. The molecule has 0 N–H and O–H groups in total. The van der Waals surface area contributed by atoms with Gasteiger partial charge in [-0.05, 0) is 66.1 Å². The minimum Gasteiger partial charge on any atom is -0.467 e. The maximum Gasteiger partial charge on any atom is 0.328 e. The van der Waals surface area contributed by atoms with E-state index in [1.165, 1.54) is 10.7 Å². The third-order valence-corrected chi connectivity index (χ3v) is 3.85. The molecule has 17 heavy (non-hydrogen) atoms. The first-order valence-corrected chi connectivity index (χ1v) is 6.90. The Bertz CT molecular complexity index is 391. The second kappa shape index (κ2) is 5.71. The lowest BCUT2D eigenvalue weighted by Gasteiger charge is -2.35. The monoisotopic (exact) mass is 345 g/mol. The van der Waals surface area contributed by atoms with Crippen molar-refractivity contribution < 1.29 is 9.53 Å². The molecule has 3 nitrogen and oxygen atoms in total. The van der Waals surface area contributed by atoms with Gasteiger partial charge in [0.05, 0.1) is 7.11 Å². The van der Waals surface area contributed by atoms with Crippen molar-refractivity contribution in [3.05, 3.63) is 27.8 Å². The number of methoxy groups -OCH3 is 1. The van der Waals surface area contributed by atoms with Gasteiger partial charge >= 0.3 is 5.97 Å². The lowest BCUT2D eigenvalue weighted by Crippen LogP contribution is -2.45. The molecule has 0 bridgehead atoms. The fourth-order valence-corrected chi connectivity index (χ4v) is 2.61. The summed E-state index contributed by atoms with van der Waals surface area (Å²) in [7, 11) is 1.46. The summed E-state index contributed by atoms with van der Waals surface area (Å²) in [5.74, 6) is -0.122. The molecule has 1 atom stereocenters. The Morgan fingerprint density at radius 2 is 2.06 bits per heavy atom. The van der Waals surface area contributed by atoms with Crippen molar-refractivity contribution in [1.29, 1.82) is 0 Å². The molecule has 0 spiro atoms. The van der Waals surface area contributed by atoms with Gasteiger partial charge in [-0.25, -0.2) is 4.79 Å². The summed E-state index contributed by atoms with van der Waals surface area (Å²) in [4.78, 5) is 13.9. The summed E-state index contributed by atoms with van der Waals surface area (Å²) in [5.41, 5.74) is 1.11. The van der Waals surface area contributed by atoms with Gasteiger partial charge in [0.1, 0.15) is 6.04 Å². The number of hydrogen-bond donors (Lipinski definition) is 0. The van der Waals surface area contributed by atoms with Crippen LogP contribution >= 0.6 is 22.6 Å². The molecule has 0 aromatic heterocycles. The molecule has 1 aromatic rings. The Hall–Kier alpha value is -0.780. The van der Waals surface area contributed by atoms with Crippen molar-refractivity contribution >= 4 is 34.2 Å². The zero-order valence-corrected chi connectivity index (χ0v) is 12.0. The number of carbonyl (C=O) groups excluding carboxylic acids is 1. The van der Waals surface area contributed by atoms with E-state index in [9.17, 15) is 4.79 Å². The first-order chi connectivity index (χ1) is 8.22. The van der Waals surface area contributed by atoms with Crippen molar-refractivity contribution in [2.45, 2.75) is 25.3 Å². The molecular weight excluding hydrogens is 329 g/mol. The number of nitrogens with zero attached hydrogens (tertiary/aromatic N) is 1.